The normalized spacial score (nSPS) is 10.5. The van der Waals surface area contributed by atoms with Gasteiger partial charge in [0.15, 0.2) is 4.34 Å². The predicted octanol–water partition coefficient (Wildman–Crippen LogP) is 4.49. The van der Waals surface area contributed by atoms with Crippen molar-refractivity contribution < 1.29 is 4.79 Å². The van der Waals surface area contributed by atoms with Crippen LogP contribution < -0.4 is 5.32 Å². The first-order valence-corrected chi connectivity index (χ1v) is 8.78. The Kier molecular flexibility index (Phi) is 5.88. The third-order valence-electron chi connectivity index (χ3n) is 2.62. The fourth-order valence-corrected chi connectivity index (χ4v) is 3.32. The zero-order valence-electron chi connectivity index (χ0n) is 11.1. The first-order chi connectivity index (χ1) is 9.74. The molecule has 0 aliphatic carbocycles. The molecular weight excluding hydrogens is 312 g/mol. The predicted molar refractivity (Wildman–Crippen MR) is 87.9 cm³/mol. The second kappa shape index (κ2) is 7.67. The van der Waals surface area contributed by atoms with Crippen molar-refractivity contribution in [3.8, 4) is 11.3 Å². The van der Waals surface area contributed by atoms with Crippen molar-refractivity contribution in [2.45, 2.75) is 17.2 Å². The summed E-state index contributed by atoms with van der Waals surface area (Å²) in [6, 6.07) is 9.88. The van der Waals surface area contributed by atoms with Gasteiger partial charge in [-0.25, -0.2) is 4.98 Å². The van der Waals surface area contributed by atoms with Crippen LogP contribution in [-0.4, -0.2) is 23.0 Å². The molecule has 0 unspecified atom stereocenters. The molecule has 1 heterocycles. The van der Waals surface area contributed by atoms with Crippen molar-refractivity contribution in [1.82, 2.24) is 4.98 Å². The Morgan fingerprint density at radius 3 is 2.80 bits per heavy atom. The Morgan fingerprint density at radius 1 is 1.40 bits per heavy atom. The molecule has 1 N–H and O–H groups in total. The maximum Gasteiger partial charge on any atom is 0.225 e. The standard InChI is InChI=1S/C14H15ClN2OS2/c1-19-14-17-12(10-6-3-2-4-7-10)13(20-14)16-11(18)8-5-9-15/h2-4,6-7H,5,8-9H2,1H3,(H,16,18). The topological polar surface area (TPSA) is 42.0 Å². The molecule has 0 radical (unpaired) electrons. The molecule has 0 saturated heterocycles. The number of carbonyl (C=O) groups excluding carboxylic acids is 1. The maximum atomic E-state index is 11.9. The van der Waals surface area contributed by atoms with Gasteiger partial charge in [0.1, 0.15) is 10.7 Å². The lowest BCUT2D eigenvalue weighted by molar-refractivity contribution is -0.116. The van der Waals surface area contributed by atoms with Crippen LogP contribution in [0.25, 0.3) is 11.3 Å². The SMILES string of the molecule is CSc1nc(-c2ccccc2)c(NC(=O)CCCCl)s1. The number of nitrogens with one attached hydrogen (secondary N) is 1. The van der Waals surface area contributed by atoms with Crippen molar-refractivity contribution in [2.24, 2.45) is 0 Å². The van der Waals surface area contributed by atoms with Gasteiger partial charge in [0.2, 0.25) is 5.91 Å². The Bertz CT molecular complexity index is 572. The summed E-state index contributed by atoms with van der Waals surface area (Å²) in [6.45, 7) is 0. The highest BCUT2D eigenvalue weighted by Gasteiger charge is 2.14. The second-order valence-corrected chi connectivity index (χ2v) is 6.50. The van der Waals surface area contributed by atoms with Crippen molar-refractivity contribution in [3.05, 3.63) is 30.3 Å². The van der Waals surface area contributed by atoms with E-state index >= 15 is 0 Å². The van der Waals surface area contributed by atoms with Crippen LogP contribution in [-0.2, 0) is 4.79 Å². The van der Waals surface area contributed by atoms with Crippen LogP contribution in [0.4, 0.5) is 5.00 Å². The molecule has 0 atom stereocenters. The molecule has 1 aromatic carbocycles. The van der Waals surface area contributed by atoms with Crippen LogP contribution in [0.5, 0.6) is 0 Å². The fraction of sp³-hybridized carbons (Fsp3) is 0.286. The number of nitrogens with zero attached hydrogens (tertiary/aromatic N) is 1. The third-order valence-corrected chi connectivity index (χ3v) is 4.84. The highest BCUT2D eigenvalue weighted by Crippen LogP contribution is 2.36. The number of rotatable bonds is 6. The molecule has 0 saturated carbocycles. The lowest BCUT2D eigenvalue weighted by Gasteiger charge is -2.04. The molecule has 20 heavy (non-hydrogen) atoms. The van der Waals surface area contributed by atoms with Gasteiger partial charge in [0, 0.05) is 17.9 Å². The van der Waals surface area contributed by atoms with Crippen molar-refractivity contribution in [3.63, 3.8) is 0 Å². The van der Waals surface area contributed by atoms with Gasteiger partial charge in [-0.05, 0) is 12.7 Å². The van der Waals surface area contributed by atoms with Crippen LogP contribution in [0.3, 0.4) is 0 Å². The molecule has 1 aromatic heterocycles. The first-order valence-electron chi connectivity index (χ1n) is 6.20. The Balaban J connectivity index is 2.23. The molecule has 106 valence electrons. The van der Waals surface area contributed by atoms with E-state index in [1.807, 2.05) is 36.6 Å². The smallest absolute Gasteiger partial charge is 0.225 e. The van der Waals surface area contributed by atoms with Gasteiger partial charge in [0.05, 0.1) is 0 Å². The van der Waals surface area contributed by atoms with E-state index in [0.29, 0.717) is 18.7 Å². The minimum absolute atomic E-state index is 0.0147. The summed E-state index contributed by atoms with van der Waals surface area (Å²) in [5.41, 5.74) is 1.84. The molecule has 3 nitrogen and oxygen atoms in total. The molecule has 0 fully saturated rings. The Morgan fingerprint density at radius 2 is 2.15 bits per heavy atom. The number of aromatic nitrogens is 1. The number of amides is 1. The number of anilines is 1. The molecule has 1 amide bonds. The van der Waals surface area contributed by atoms with E-state index in [-0.39, 0.29) is 5.91 Å². The van der Waals surface area contributed by atoms with Gasteiger partial charge >= 0.3 is 0 Å². The number of halogens is 1. The summed E-state index contributed by atoms with van der Waals surface area (Å²) < 4.78 is 0.941. The van der Waals surface area contributed by atoms with E-state index in [0.717, 1.165) is 20.6 Å². The summed E-state index contributed by atoms with van der Waals surface area (Å²) in [6.07, 6.45) is 3.10. The van der Waals surface area contributed by atoms with Crippen LogP contribution in [0.2, 0.25) is 0 Å². The fourth-order valence-electron chi connectivity index (χ4n) is 1.68. The average molecular weight is 327 g/mol. The zero-order chi connectivity index (χ0) is 14.4. The van der Waals surface area contributed by atoms with Crippen molar-refractivity contribution in [1.29, 1.82) is 0 Å². The van der Waals surface area contributed by atoms with Gasteiger partial charge in [-0.1, -0.05) is 53.4 Å². The molecule has 2 rings (SSSR count). The third kappa shape index (κ3) is 3.98. The molecule has 0 aliphatic heterocycles. The number of thioether (sulfide) groups is 1. The summed E-state index contributed by atoms with van der Waals surface area (Å²) in [5, 5.41) is 3.75. The summed E-state index contributed by atoms with van der Waals surface area (Å²) in [7, 11) is 0. The molecule has 0 spiro atoms. The van der Waals surface area contributed by atoms with E-state index in [1.54, 1.807) is 11.8 Å². The largest absolute Gasteiger partial charge is 0.316 e. The Hall–Kier alpha value is -1.04. The number of alkyl halides is 1. The molecule has 0 bridgehead atoms. The quantitative estimate of drug-likeness (QED) is 0.628. The lowest BCUT2D eigenvalue weighted by atomic mass is 10.2. The number of benzene rings is 1. The highest BCUT2D eigenvalue weighted by molar-refractivity contribution is 8.00. The van der Waals surface area contributed by atoms with Gasteiger partial charge in [0.25, 0.3) is 0 Å². The average Bonchev–Trinajstić information content (AvgIpc) is 2.89. The zero-order valence-corrected chi connectivity index (χ0v) is 13.4. The van der Waals surface area contributed by atoms with Crippen molar-refractivity contribution >= 4 is 45.6 Å². The van der Waals surface area contributed by atoms with Gasteiger partial charge < -0.3 is 5.32 Å². The number of carbonyl (C=O) groups is 1. The van der Waals surface area contributed by atoms with Gasteiger partial charge in [-0.15, -0.1) is 11.6 Å². The van der Waals surface area contributed by atoms with Crippen LogP contribution >= 0.6 is 34.7 Å². The molecular formula is C14H15ClN2OS2. The maximum absolute atomic E-state index is 11.9. The number of hydrogen-bond acceptors (Lipinski definition) is 4. The first kappa shape index (κ1) is 15.4. The number of hydrogen-bond donors (Lipinski definition) is 1. The molecule has 6 heteroatoms. The van der Waals surface area contributed by atoms with E-state index in [2.05, 4.69) is 10.3 Å². The van der Waals surface area contributed by atoms with E-state index < -0.39 is 0 Å². The van der Waals surface area contributed by atoms with Crippen LogP contribution in [0.1, 0.15) is 12.8 Å². The minimum Gasteiger partial charge on any atom is -0.316 e. The summed E-state index contributed by atoms with van der Waals surface area (Å²) in [5.74, 6) is 0.483. The lowest BCUT2D eigenvalue weighted by Crippen LogP contribution is -2.10. The van der Waals surface area contributed by atoms with Crippen LogP contribution in [0.15, 0.2) is 34.7 Å². The van der Waals surface area contributed by atoms with Crippen LogP contribution in [0, 0.1) is 0 Å². The van der Waals surface area contributed by atoms with Gasteiger partial charge in [-0.2, -0.15) is 0 Å². The summed E-state index contributed by atoms with van der Waals surface area (Å²) >= 11 is 8.69. The van der Waals surface area contributed by atoms with E-state index in [4.69, 9.17) is 11.6 Å². The number of thiazole rings is 1. The second-order valence-electron chi connectivity index (χ2n) is 4.07. The van der Waals surface area contributed by atoms with Gasteiger partial charge in [-0.3, -0.25) is 4.79 Å². The van der Waals surface area contributed by atoms with E-state index in [1.165, 1.54) is 11.3 Å². The monoisotopic (exact) mass is 326 g/mol. The Labute approximate surface area is 131 Å². The highest BCUT2D eigenvalue weighted by atomic mass is 35.5. The minimum atomic E-state index is -0.0147. The summed E-state index contributed by atoms with van der Waals surface area (Å²) in [4.78, 5) is 16.4. The molecule has 0 aliphatic rings. The molecule has 2 aromatic rings. The van der Waals surface area contributed by atoms with Crippen molar-refractivity contribution in [2.75, 3.05) is 17.5 Å². The van der Waals surface area contributed by atoms with E-state index in [9.17, 15) is 4.79 Å².